The molecule has 0 spiro atoms. The fraction of sp³-hybridized carbons (Fsp3) is 0.333. The molecule has 1 nitrogen and oxygen atoms in total. The maximum Gasteiger partial charge on any atom is 0.0917 e. The van der Waals surface area contributed by atoms with E-state index in [1.807, 2.05) is 30.5 Å². The van der Waals surface area contributed by atoms with Crippen molar-refractivity contribution in [2.24, 2.45) is 0 Å². The number of halogens is 1. The van der Waals surface area contributed by atoms with Crippen LogP contribution in [0.3, 0.4) is 0 Å². The van der Waals surface area contributed by atoms with Gasteiger partial charge in [-0.1, -0.05) is 31.2 Å². The van der Waals surface area contributed by atoms with E-state index in [4.69, 9.17) is 0 Å². The van der Waals surface area contributed by atoms with Gasteiger partial charge in [0.05, 0.1) is 5.60 Å². The minimum absolute atomic E-state index is 0.636. The van der Waals surface area contributed by atoms with E-state index in [0.29, 0.717) is 6.42 Å². The second-order valence-corrected chi connectivity index (χ2v) is 6.55. The lowest BCUT2D eigenvalue weighted by molar-refractivity contribution is 0.0583. The van der Waals surface area contributed by atoms with Crippen LogP contribution in [0.4, 0.5) is 0 Å². The van der Waals surface area contributed by atoms with Gasteiger partial charge in [-0.3, -0.25) is 0 Å². The fourth-order valence-corrected chi connectivity index (χ4v) is 3.61. The summed E-state index contributed by atoms with van der Waals surface area (Å²) in [6.07, 6.45) is 1.66. The molecule has 0 saturated heterocycles. The van der Waals surface area contributed by atoms with Gasteiger partial charge in [-0.05, 0) is 51.8 Å². The van der Waals surface area contributed by atoms with Gasteiger partial charge in [0.15, 0.2) is 0 Å². The van der Waals surface area contributed by atoms with E-state index in [2.05, 4.69) is 35.0 Å². The number of benzene rings is 1. The highest BCUT2D eigenvalue weighted by atomic mass is 79.9. The van der Waals surface area contributed by atoms with Crippen molar-refractivity contribution in [3.8, 4) is 0 Å². The van der Waals surface area contributed by atoms with Crippen LogP contribution in [0.15, 0.2) is 40.2 Å². The van der Waals surface area contributed by atoms with Crippen molar-refractivity contribution in [1.29, 1.82) is 0 Å². The minimum Gasteiger partial charge on any atom is -0.385 e. The first-order valence-corrected chi connectivity index (χ1v) is 7.74. The predicted molar refractivity (Wildman–Crippen MR) is 81.1 cm³/mol. The van der Waals surface area contributed by atoms with Gasteiger partial charge in [-0.15, -0.1) is 11.3 Å². The molecule has 1 heterocycles. The third-order valence-electron chi connectivity index (χ3n) is 3.18. The van der Waals surface area contributed by atoms with Crippen LogP contribution in [-0.2, 0) is 18.4 Å². The van der Waals surface area contributed by atoms with E-state index in [-0.39, 0.29) is 0 Å². The van der Waals surface area contributed by atoms with Crippen molar-refractivity contribution in [2.45, 2.75) is 32.3 Å². The van der Waals surface area contributed by atoms with E-state index in [1.54, 1.807) is 11.3 Å². The van der Waals surface area contributed by atoms with Crippen molar-refractivity contribution < 1.29 is 5.11 Å². The first-order chi connectivity index (χ1) is 8.53. The first kappa shape index (κ1) is 13.8. The molecule has 0 fully saturated rings. The summed E-state index contributed by atoms with van der Waals surface area (Å²) in [5, 5.41) is 12.7. The lowest BCUT2D eigenvalue weighted by Gasteiger charge is -2.23. The van der Waals surface area contributed by atoms with Gasteiger partial charge in [0.25, 0.3) is 0 Å². The third-order valence-corrected chi connectivity index (χ3v) is 5.11. The molecule has 0 radical (unpaired) electrons. The second kappa shape index (κ2) is 5.55. The number of aryl methyl sites for hydroxylation is 1. The summed E-state index contributed by atoms with van der Waals surface area (Å²) < 4.78 is 1.08. The second-order valence-electron chi connectivity index (χ2n) is 4.69. The lowest BCUT2D eigenvalue weighted by Crippen LogP contribution is -2.23. The zero-order chi connectivity index (χ0) is 13.2. The smallest absolute Gasteiger partial charge is 0.0917 e. The highest BCUT2D eigenvalue weighted by molar-refractivity contribution is 9.10. The monoisotopic (exact) mass is 324 g/mol. The van der Waals surface area contributed by atoms with Gasteiger partial charge < -0.3 is 5.11 Å². The van der Waals surface area contributed by atoms with Gasteiger partial charge in [0.2, 0.25) is 0 Å². The molecule has 2 aromatic rings. The summed E-state index contributed by atoms with van der Waals surface area (Å²) in [5.41, 5.74) is 1.45. The standard InChI is InChI=1S/C15H17BrOS/c1-3-11-4-6-12(7-5-11)15(2,17)10-14-13(16)8-9-18-14/h4-9,17H,3,10H2,1-2H3. The molecule has 0 aliphatic heterocycles. The molecule has 0 aliphatic carbocycles. The van der Waals surface area contributed by atoms with E-state index >= 15 is 0 Å². The van der Waals surface area contributed by atoms with Crippen molar-refractivity contribution in [1.82, 2.24) is 0 Å². The Labute approximate surface area is 121 Å². The average molecular weight is 325 g/mol. The van der Waals surface area contributed by atoms with Gasteiger partial charge in [-0.2, -0.15) is 0 Å². The van der Waals surface area contributed by atoms with Crippen molar-refractivity contribution >= 4 is 27.3 Å². The molecule has 1 aromatic carbocycles. The van der Waals surface area contributed by atoms with Crippen LogP contribution in [0.25, 0.3) is 0 Å². The molecular weight excluding hydrogens is 308 g/mol. The Balaban J connectivity index is 2.21. The predicted octanol–water partition coefficient (Wildman–Crippen LogP) is 4.52. The first-order valence-electron chi connectivity index (χ1n) is 6.06. The molecule has 1 aromatic heterocycles. The molecule has 1 unspecified atom stereocenters. The Bertz CT molecular complexity index is 514. The largest absolute Gasteiger partial charge is 0.385 e. The fourth-order valence-electron chi connectivity index (χ4n) is 1.97. The number of aliphatic hydroxyl groups is 1. The quantitative estimate of drug-likeness (QED) is 0.876. The van der Waals surface area contributed by atoms with E-state index < -0.39 is 5.60 Å². The van der Waals surface area contributed by atoms with E-state index in [1.165, 1.54) is 10.4 Å². The highest BCUT2D eigenvalue weighted by Gasteiger charge is 2.25. The van der Waals surface area contributed by atoms with Crippen LogP contribution in [0, 0.1) is 0 Å². The summed E-state index contributed by atoms with van der Waals surface area (Å²) in [7, 11) is 0. The molecular formula is C15H17BrOS. The molecule has 0 bridgehead atoms. The van der Waals surface area contributed by atoms with Gasteiger partial charge in [0.1, 0.15) is 0 Å². The van der Waals surface area contributed by atoms with E-state index in [9.17, 15) is 5.11 Å². The molecule has 0 aliphatic rings. The van der Waals surface area contributed by atoms with Crippen LogP contribution >= 0.6 is 27.3 Å². The van der Waals surface area contributed by atoms with Crippen molar-refractivity contribution in [3.05, 3.63) is 56.2 Å². The Morgan fingerprint density at radius 3 is 2.39 bits per heavy atom. The maximum atomic E-state index is 10.6. The van der Waals surface area contributed by atoms with Crippen LogP contribution in [0.1, 0.15) is 29.9 Å². The normalized spacial score (nSPS) is 14.4. The average Bonchev–Trinajstić information content (AvgIpc) is 2.74. The Morgan fingerprint density at radius 1 is 1.22 bits per heavy atom. The van der Waals surface area contributed by atoms with Crippen molar-refractivity contribution in [2.75, 3.05) is 0 Å². The molecule has 96 valence electrons. The van der Waals surface area contributed by atoms with Gasteiger partial charge in [0, 0.05) is 15.8 Å². The molecule has 3 heteroatoms. The van der Waals surface area contributed by atoms with E-state index in [0.717, 1.165) is 16.5 Å². The highest BCUT2D eigenvalue weighted by Crippen LogP contribution is 2.32. The van der Waals surface area contributed by atoms with Crippen molar-refractivity contribution in [3.63, 3.8) is 0 Å². The summed E-state index contributed by atoms with van der Waals surface area (Å²) in [4.78, 5) is 1.18. The molecule has 1 N–H and O–H groups in total. The molecule has 0 saturated carbocycles. The Hall–Kier alpha value is -0.640. The number of rotatable bonds is 4. The number of hydrogen-bond acceptors (Lipinski definition) is 2. The summed E-state index contributed by atoms with van der Waals surface area (Å²) >= 11 is 5.19. The molecule has 0 amide bonds. The summed E-state index contributed by atoms with van der Waals surface area (Å²) in [6, 6.07) is 10.3. The Kier molecular flexibility index (Phi) is 4.25. The summed E-state index contributed by atoms with van der Waals surface area (Å²) in [5.74, 6) is 0. The van der Waals surface area contributed by atoms with Crippen LogP contribution in [0.2, 0.25) is 0 Å². The van der Waals surface area contributed by atoms with Gasteiger partial charge in [-0.25, -0.2) is 0 Å². The maximum absolute atomic E-state index is 10.6. The number of hydrogen-bond donors (Lipinski definition) is 1. The minimum atomic E-state index is -0.820. The van der Waals surface area contributed by atoms with Gasteiger partial charge >= 0.3 is 0 Å². The van der Waals surface area contributed by atoms with Crippen LogP contribution in [0.5, 0.6) is 0 Å². The molecule has 18 heavy (non-hydrogen) atoms. The van der Waals surface area contributed by atoms with Crippen LogP contribution in [-0.4, -0.2) is 5.11 Å². The summed E-state index contributed by atoms with van der Waals surface area (Å²) in [6.45, 7) is 4.01. The Morgan fingerprint density at radius 2 is 1.89 bits per heavy atom. The topological polar surface area (TPSA) is 20.2 Å². The van der Waals surface area contributed by atoms with Crippen LogP contribution < -0.4 is 0 Å². The SMILES string of the molecule is CCc1ccc(C(C)(O)Cc2sccc2Br)cc1. The molecule has 1 atom stereocenters. The zero-order valence-corrected chi connectivity index (χ0v) is 13.0. The molecule has 2 rings (SSSR count). The zero-order valence-electron chi connectivity index (χ0n) is 10.6. The number of thiophene rings is 1. The third kappa shape index (κ3) is 3.02. The lowest BCUT2D eigenvalue weighted by atomic mass is 9.91.